The first-order valence-electron chi connectivity index (χ1n) is 17.7. The van der Waals surface area contributed by atoms with E-state index in [9.17, 15) is 28.7 Å². The maximum atomic E-state index is 14.6. The molecule has 1 aromatic heterocycles. The van der Waals surface area contributed by atoms with Gasteiger partial charge in [-0.3, -0.25) is 19.2 Å². The lowest BCUT2D eigenvalue weighted by atomic mass is 9.85. The van der Waals surface area contributed by atoms with Crippen molar-refractivity contribution in [2.75, 3.05) is 59.3 Å². The topological polar surface area (TPSA) is 194 Å². The second kappa shape index (κ2) is 19.0. The third kappa shape index (κ3) is 11.7. The summed E-state index contributed by atoms with van der Waals surface area (Å²) in [6.07, 6.45) is -0.971. The van der Waals surface area contributed by atoms with E-state index in [0.29, 0.717) is 45.1 Å². The lowest BCUT2D eigenvalue weighted by molar-refractivity contribution is -0.145. The molecule has 2 fully saturated rings. The Morgan fingerprint density at radius 3 is 2.25 bits per heavy atom. The number of ether oxygens (including phenoxy) is 3. The van der Waals surface area contributed by atoms with Crippen molar-refractivity contribution in [2.45, 2.75) is 83.3 Å². The summed E-state index contributed by atoms with van der Waals surface area (Å²) in [4.78, 5) is 60.2. The maximum Gasteiger partial charge on any atom is 0.258 e. The second-order valence-electron chi connectivity index (χ2n) is 14.3. The zero-order chi connectivity index (χ0) is 37.9. The van der Waals surface area contributed by atoms with Gasteiger partial charge in [0.15, 0.2) is 5.67 Å². The summed E-state index contributed by atoms with van der Waals surface area (Å²) in [7, 11) is 0. The van der Waals surface area contributed by atoms with Gasteiger partial charge in [-0.2, -0.15) is 0 Å². The van der Waals surface area contributed by atoms with E-state index in [2.05, 4.69) is 20.9 Å². The molecule has 1 aromatic carbocycles. The van der Waals surface area contributed by atoms with Crippen molar-refractivity contribution in [1.82, 2.24) is 25.8 Å². The number of aliphatic hydroxyl groups excluding tert-OH is 1. The van der Waals surface area contributed by atoms with Gasteiger partial charge in [-0.25, -0.2) is 9.37 Å². The highest BCUT2D eigenvalue weighted by atomic mass is 32.1. The number of nitrogens with one attached hydrogen (secondary N) is 3. The lowest BCUT2D eigenvalue weighted by Crippen LogP contribution is -2.59. The molecule has 4 rings (SSSR count). The number of benzene rings is 1. The second-order valence-corrected chi connectivity index (χ2v) is 15.1. The Morgan fingerprint density at radius 1 is 1.04 bits per heavy atom. The Bertz CT molecular complexity index is 1500. The number of nitrogens with two attached hydrogens (primary N) is 1. The first-order valence-corrected chi connectivity index (χ1v) is 18.6. The molecule has 1 saturated carbocycles. The van der Waals surface area contributed by atoms with Crippen LogP contribution in [0.5, 0.6) is 0 Å². The summed E-state index contributed by atoms with van der Waals surface area (Å²) in [6.45, 7) is 10.0. The van der Waals surface area contributed by atoms with Crippen LogP contribution < -0.4 is 21.7 Å². The molecule has 6 N–H and O–H groups in total. The maximum absolute atomic E-state index is 14.6. The molecule has 1 saturated heterocycles. The molecular formula is C36H53FN6O8S. The molecule has 1 aliphatic heterocycles. The van der Waals surface area contributed by atoms with Gasteiger partial charge in [0.1, 0.15) is 12.1 Å². The van der Waals surface area contributed by atoms with Gasteiger partial charge in [0, 0.05) is 26.1 Å². The van der Waals surface area contributed by atoms with E-state index in [1.807, 2.05) is 31.2 Å². The van der Waals surface area contributed by atoms with Crippen molar-refractivity contribution in [1.29, 1.82) is 0 Å². The number of halogens is 1. The van der Waals surface area contributed by atoms with Crippen LogP contribution in [0.2, 0.25) is 0 Å². The van der Waals surface area contributed by atoms with E-state index < -0.39 is 53.0 Å². The molecule has 0 unspecified atom stereocenters. The average Bonchev–Trinajstić information content (AvgIpc) is 3.51. The molecule has 52 heavy (non-hydrogen) atoms. The van der Waals surface area contributed by atoms with E-state index in [1.54, 1.807) is 26.3 Å². The van der Waals surface area contributed by atoms with Crippen molar-refractivity contribution < 1.29 is 42.9 Å². The van der Waals surface area contributed by atoms with Gasteiger partial charge >= 0.3 is 0 Å². The summed E-state index contributed by atoms with van der Waals surface area (Å²) in [6, 6.07) is 4.46. The smallest absolute Gasteiger partial charge is 0.258 e. The van der Waals surface area contributed by atoms with Gasteiger partial charge in [-0.15, -0.1) is 11.3 Å². The molecule has 288 valence electrons. The molecule has 0 bridgehead atoms. The van der Waals surface area contributed by atoms with Crippen LogP contribution in [0.25, 0.3) is 10.4 Å². The Labute approximate surface area is 308 Å². The van der Waals surface area contributed by atoms with Crippen LogP contribution >= 0.6 is 11.3 Å². The number of rotatable bonds is 20. The highest BCUT2D eigenvalue weighted by molar-refractivity contribution is 7.13. The zero-order valence-corrected chi connectivity index (χ0v) is 31.3. The number of likely N-dealkylation sites (tertiary alicyclic amines) is 1. The Kier molecular flexibility index (Phi) is 15.0. The standard InChI is InChI=1S/C36H53FN6O8S/c1-23-30(52-22-40-23)25-7-5-24(6-8-25)27(20-29(45)39-12-14-50-16-18-51-17-15-49-13-11-38)41-32(46)28-19-26(44)21-43(28)33(47)31(35(2,3)4)42-34(48)36(37)9-10-36/h5-8,22,26-28,31,44H,9-21,38H2,1-4H3,(H,39,45)(H,41,46)(H,42,48)/t26-,27+,28+,31-/m1/s1. The highest BCUT2D eigenvalue weighted by Gasteiger charge is 2.53. The fourth-order valence-corrected chi connectivity index (χ4v) is 6.64. The number of alkyl halides is 1. The predicted molar refractivity (Wildman–Crippen MR) is 193 cm³/mol. The van der Waals surface area contributed by atoms with Crippen molar-refractivity contribution in [2.24, 2.45) is 11.1 Å². The molecule has 16 heteroatoms. The summed E-state index contributed by atoms with van der Waals surface area (Å²) in [5, 5.41) is 19.0. The van der Waals surface area contributed by atoms with E-state index in [-0.39, 0.29) is 51.3 Å². The van der Waals surface area contributed by atoms with Crippen molar-refractivity contribution in [3.8, 4) is 10.4 Å². The number of hydrogen-bond acceptors (Lipinski definition) is 11. The Balaban J connectivity index is 1.41. The first-order chi connectivity index (χ1) is 24.7. The SMILES string of the molecule is Cc1ncsc1-c1ccc([C@H](CC(=O)NCCOCCOCCOCCN)NC(=O)[C@@H]2C[C@@H](O)CN2C(=O)[C@@H](NC(=O)C2(F)CC2)C(C)(C)C)cc1. The van der Waals surface area contributed by atoms with Crippen LogP contribution in [-0.2, 0) is 33.4 Å². The van der Waals surface area contributed by atoms with Gasteiger partial charge < -0.3 is 45.9 Å². The van der Waals surface area contributed by atoms with Gasteiger partial charge in [0.2, 0.25) is 17.7 Å². The fourth-order valence-electron chi connectivity index (χ4n) is 5.83. The van der Waals surface area contributed by atoms with Gasteiger partial charge in [-0.05, 0) is 36.3 Å². The number of hydrogen-bond donors (Lipinski definition) is 5. The Morgan fingerprint density at radius 2 is 1.67 bits per heavy atom. The molecule has 0 spiro atoms. The monoisotopic (exact) mass is 748 g/mol. The number of thiazole rings is 1. The van der Waals surface area contributed by atoms with Crippen LogP contribution in [0, 0.1) is 12.3 Å². The molecule has 14 nitrogen and oxygen atoms in total. The van der Waals surface area contributed by atoms with Crippen molar-refractivity contribution in [3.05, 3.63) is 41.0 Å². The molecular weight excluding hydrogens is 695 g/mol. The summed E-state index contributed by atoms with van der Waals surface area (Å²) in [5.74, 6) is -2.34. The molecule has 4 amide bonds. The largest absolute Gasteiger partial charge is 0.391 e. The van der Waals surface area contributed by atoms with Gasteiger partial charge in [-0.1, -0.05) is 45.0 Å². The number of carbonyl (C=O) groups is 4. The highest BCUT2D eigenvalue weighted by Crippen LogP contribution is 2.40. The number of aryl methyl sites for hydroxylation is 1. The van der Waals surface area contributed by atoms with E-state index in [4.69, 9.17) is 19.9 Å². The molecule has 2 aliphatic rings. The first kappa shape index (κ1) is 41.2. The number of amides is 4. The summed E-state index contributed by atoms with van der Waals surface area (Å²) < 4.78 is 30.8. The van der Waals surface area contributed by atoms with E-state index >= 15 is 0 Å². The minimum absolute atomic E-state index is 0.0419. The number of aromatic nitrogens is 1. The normalized spacial score (nSPS) is 19.2. The average molecular weight is 749 g/mol. The van der Waals surface area contributed by atoms with Crippen molar-refractivity contribution >= 4 is 35.0 Å². The van der Waals surface area contributed by atoms with Crippen LogP contribution in [0.15, 0.2) is 29.8 Å². The van der Waals surface area contributed by atoms with E-state index in [0.717, 1.165) is 16.1 Å². The minimum atomic E-state index is -1.99. The van der Waals surface area contributed by atoms with Crippen LogP contribution in [-0.4, -0.2) is 122 Å². The Hall–Kier alpha value is -3.54. The summed E-state index contributed by atoms with van der Waals surface area (Å²) in [5.41, 5.74) is 6.82. The van der Waals surface area contributed by atoms with E-state index in [1.165, 1.54) is 16.2 Å². The van der Waals surface area contributed by atoms with Crippen LogP contribution in [0.1, 0.15) is 63.8 Å². The van der Waals surface area contributed by atoms with Gasteiger partial charge in [0.05, 0.1) is 74.3 Å². The van der Waals surface area contributed by atoms with Gasteiger partial charge in [0.25, 0.3) is 5.91 Å². The molecule has 4 atom stereocenters. The predicted octanol–water partition coefficient (Wildman–Crippen LogP) is 1.79. The minimum Gasteiger partial charge on any atom is -0.391 e. The number of β-amino-alcohol motifs (C(OH)–C–C–N with tert-alkyl or cyclic N) is 1. The molecule has 2 aromatic rings. The van der Waals surface area contributed by atoms with Crippen molar-refractivity contribution in [3.63, 3.8) is 0 Å². The third-order valence-corrected chi connectivity index (χ3v) is 9.93. The summed E-state index contributed by atoms with van der Waals surface area (Å²) >= 11 is 1.51. The fraction of sp³-hybridized carbons (Fsp3) is 0.639. The number of nitrogens with zero attached hydrogens (tertiary/aromatic N) is 2. The molecule has 0 radical (unpaired) electrons. The zero-order valence-electron chi connectivity index (χ0n) is 30.5. The van der Waals surface area contributed by atoms with Crippen LogP contribution in [0.3, 0.4) is 0 Å². The van der Waals surface area contributed by atoms with Crippen LogP contribution in [0.4, 0.5) is 4.39 Å². The quantitative estimate of drug-likeness (QED) is 0.125. The lowest BCUT2D eigenvalue weighted by Gasteiger charge is -2.36. The number of carbonyl (C=O) groups excluding carboxylic acids is 4. The third-order valence-electron chi connectivity index (χ3n) is 8.95. The molecule has 2 heterocycles. The molecule has 1 aliphatic carbocycles. The number of aliphatic hydroxyl groups is 1.